The van der Waals surface area contributed by atoms with Gasteiger partial charge in [-0.2, -0.15) is 0 Å². The molecule has 0 spiro atoms. The van der Waals surface area contributed by atoms with Crippen LogP contribution in [0.4, 0.5) is 5.82 Å². The molecule has 1 saturated heterocycles. The van der Waals surface area contributed by atoms with E-state index in [4.69, 9.17) is 9.72 Å². The van der Waals surface area contributed by atoms with Gasteiger partial charge in [-0.3, -0.25) is 9.97 Å². The van der Waals surface area contributed by atoms with Crippen molar-refractivity contribution in [3.8, 4) is 0 Å². The van der Waals surface area contributed by atoms with Gasteiger partial charge in [0.25, 0.3) is 0 Å². The number of ether oxygens (including phenoxy) is 1. The van der Waals surface area contributed by atoms with Gasteiger partial charge >= 0.3 is 0 Å². The van der Waals surface area contributed by atoms with Crippen molar-refractivity contribution in [2.24, 2.45) is 0 Å². The molecule has 0 bridgehead atoms. The van der Waals surface area contributed by atoms with Crippen LogP contribution < -0.4 is 4.90 Å². The summed E-state index contributed by atoms with van der Waals surface area (Å²) in [5, 5.41) is 1.16. The second-order valence-electron chi connectivity index (χ2n) is 7.24. The fraction of sp³-hybridized carbons (Fsp3) is 0.240. The van der Waals surface area contributed by atoms with Crippen molar-refractivity contribution >= 4 is 22.3 Å². The minimum absolute atomic E-state index is 0.306. The molecular weight excluding hydrogens is 372 g/mol. The average Bonchev–Trinajstić information content (AvgIpc) is 2.75. The quantitative estimate of drug-likeness (QED) is 0.407. The predicted molar refractivity (Wildman–Crippen MR) is 122 cm³/mol. The number of rotatable bonds is 7. The van der Waals surface area contributed by atoms with Crippen LogP contribution in [-0.2, 0) is 4.74 Å². The summed E-state index contributed by atoms with van der Waals surface area (Å²) in [6, 6.07) is 12.4. The molecule has 5 nitrogen and oxygen atoms in total. The van der Waals surface area contributed by atoms with E-state index in [9.17, 15) is 0 Å². The third kappa shape index (κ3) is 4.10. The van der Waals surface area contributed by atoms with Crippen LogP contribution >= 0.6 is 0 Å². The van der Waals surface area contributed by atoms with Crippen molar-refractivity contribution in [1.82, 2.24) is 15.0 Å². The van der Waals surface area contributed by atoms with E-state index in [2.05, 4.69) is 45.7 Å². The van der Waals surface area contributed by atoms with Gasteiger partial charge in [-0.1, -0.05) is 24.8 Å². The van der Waals surface area contributed by atoms with E-state index in [1.165, 1.54) is 0 Å². The Labute approximate surface area is 177 Å². The Bertz CT molecular complexity index is 1110. The highest BCUT2D eigenvalue weighted by molar-refractivity contribution is 5.80. The molecule has 152 valence electrons. The summed E-state index contributed by atoms with van der Waals surface area (Å²) in [6.45, 7) is 10.5. The lowest BCUT2D eigenvalue weighted by Crippen LogP contribution is -2.46. The molecule has 0 saturated carbocycles. The number of benzene rings is 1. The van der Waals surface area contributed by atoms with Crippen LogP contribution in [0.1, 0.15) is 31.2 Å². The zero-order chi connectivity index (χ0) is 20.9. The first-order valence-electron chi connectivity index (χ1n) is 10.3. The Morgan fingerprint density at radius 3 is 2.73 bits per heavy atom. The van der Waals surface area contributed by atoms with Gasteiger partial charge in [0.15, 0.2) is 0 Å². The van der Waals surface area contributed by atoms with E-state index in [1.807, 2.05) is 44.2 Å². The monoisotopic (exact) mass is 398 g/mol. The summed E-state index contributed by atoms with van der Waals surface area (Å²) in [5.74, 6) is 2.13. The highest BCUT2D eigenvalue weighted by atomic mass is 16.5. The third-order valence-corrected chi connectivity index (χ3v) is 5.25. The Morgan fingerprint density at radius 2 is 1.93 bits per heavy atom. The van der Waals surface area contributed by atoms with E-state index in [-0.39, 0.29) is 0 Å². The first-order valence-corrected chi connectivity index (χ1v) is 10.3. The Hall–Kier alpha value is -3.47. The molecule has 30 heavy (non-hydrogen) atoms. The SMILES string of the molecule is C=C(/C=C\C(=C/C)OCC)c1nccnc1C1CN(c2ccc3ccccc3n2)C1. The van der Waals surface area contributed by atoms with Gasteiger partial charge in [0.05, 0.1) is 23.5 Å². The minimum atomic E-state index is 0.306. The molecule has 1 fully saturated rings. The Balaban J connectivity index is 1.48. The van der Waals surface area contributed by atoms with Gasteiger partial charge in [0, 0.05) is 36.8 Å². The van der Waals surface area contributed by atoms with Gasteiger partial charge in [0.2, 0.25) is 0 Å². The molecular formula is C25H26N4O. The average molecular weight is 399 g/mol. The maximum Gasteiger partial charge on any atom is 0.129 e. The number of hydrogen-bond donors (Lipinski definition) is 0. The Morgan fingerprint density at radius 1 is 1.13 bits per heavy atom. The number of fused-ring (bicyclic) bond motifs is 1. The summed E-state index contributed by atoms with van der Waals surface area (Å²) in [5.41, 5.74) is 3.69. The molecule has 0 N–H and O–H groups in total. The molecule has 5 heteroatoms. The van der Waals surface area contributed by atoms with Crippen molar-refractivity contribution in [3.05, 3.63) is 90.7 Å². The lowest BCUT2D eigenvalue weighted by atomic mass is 9.92. The summed E-state index contributed by atoms with van der Waals surface area (Å²) in [4.78, 5) is 16.3. The lowest BCUT2D eigenvalue weighted by Gasteiger charge is -2.40. The fourth-order valence-corrected chi connectivity index (χ4v) is 3.62. The van der Waals surface area contributed by atoms with Crippen LogP contribution in [0, 0.1) is 0 Å². The number of nitrogens with zero attached hydrogens (tertiary/aromatic N) is 4. The van der Waals surface area contributed by atoms with Gasteiger partial charge in [-0.25, -0.2) is 4.98 Å². The third-order valence-electron chi connectivity index (χ3n) is 5.25. The molecule has 0 atom stereocenters. The van der Waals surface area contributed by atoms with Crippen LogP contribution in [-0.4, -0.2) is 34.6 Å². The van der Waals surface area contributed by atoms with Crippen LogP contribution in [0.15, 0.2) is 79.4 Å². The van der Waals surface area contributed by atoms with Crippen LogP contribution in [0.25, 0.3) is 16.5 Å². The molecule has 2 aromatic heterocycles. The van der Waals surface area contributed by atoms with Gasteiger partial charge in [0.1, 0.15) is 11.6 Å². The maximum atomic E-state index is 5.56. The van der Waals surface area contributed by atoms with Crippen molar-refractivity contribution in [2.75, 3.05) is 24.6 Å². The summed E-state index contributed by atoms with van der Waals surface area (Å²) in [7, 11) is 0. The second-order valence-corrected chi connectivity index (χ2v) is 7.24. The zero-order valence-corrected chi connectivity index (χ0v) is 17.5. The standard InChI is InChI=1S/C25H26N4O/c1-4-21(30-5-2)12-10-18(3)24-25(27-15-14-26-24)20-16-29(17-20)23-13-11-19-8-6-7-9-22(19)28-23/h4,6-15,20H,3,5,16-17H2,1-2H3/b12-10-,21-4+. The van der Waals surface area contributed by atoms with E-state index in [1.54, 1.807) is 12.4 Å². The molecule has 0 radical (unpaired) electrons. The highest BCUT2D eigenvalue weighted by Crippen LogP contribution is 2.33. The molecule has 1 aliphatic rings. The molecule has 0 amide bonds. The molecule has 3 aromatic rings. The summed E-state index contributed by atoms with van der Waals surface area (Å²) < 4.78 is 5.56. The number of anilines is 1. The van der Waals surface area contributed by atoms with Crippen LogP contribution in [0.3, 0.4) is 0 Å². The van der Waals surface area contributed by atoms with Crippen LogP contribution in [0.2, 0.25) is 0 Å². The molecule has 1 aromatic carbocycles. The number of aromatic nitrogens is 3. The second kappa shape index (κ2) is 8.91. The fourth-order valence-electron chi connectivity index (χ4n) is 3.62. The molecule has 3 heterocycles. The number of pyridine rings is 1. The first kappa shape index (κ1) is 19.8. The molecule has 4 rings (SSSR count). The van der Waals surface area contributed by atoms with Crippen LogP contribution in [0.5, 0.6) is 0 Å². The molecule has 0 aliphatic carbocycles. The Kier molecular flexibility index (Phi) is 5.89. The van der Waals surface area contributed by atoms with Crippen molar-refractivity contribution in [3.63, 3.8) is 0 Å². The minimum Gasteiger partial charge on any atom is -0.494 e. The van der Waals surface area contributed by atoms with E-state index < -0.39 is 0 Å². The largest absolute Gasteiger partial charge is 0.494 e. The van der Waals surface area contributed by atoms with Gasteiger partial charge < -0.3 is 9.64 Å². The topological polar surface area (TPSA) is 51.1 Å². The number of para-hydroxylation sites is 1. The smallest absolute Gasteiger partial charge is 0.129 e. The highest BCUT2D eigenvalue weighted by Gasteiger charge is 2.32. The lowest BCUT2D eigenvalue weighted by molar-refractivity contribution is 0.242. The van der Waals surface area contributed by atoms with E-state index in [0.717, 1.165) is 52.5 Å². The first-order chi connectivity index (χ1) is 14.7. The van der Waals surface area contributed by atoms with Gasteiger partial charge in [-0.05, 0) is 55.8 Å². The maximum absolute atomic E-state index is 5.56. The van der Waals surface area contributed by atoms with Crippen molar-refractivity contribution < 1.29 is 4.74 Å². The van der Waals surface area contributed by atoms with Crippen molar-refractivity contribution in [1.29, 1.82) is 0 Å². The summed E-state index contributed by atoms with van der Waals surface area (Å²) >= 11 is 0. The summed E-state index contributed by atoms with van der Waals surface area (Å²) in [6.07, 6.45) is 9.28. The molecule has 0 unspecified atom stereocenters. The van der Waals surface area contributed by atoms with Crippen molar-refractivity contribution in [2.45, 2.75) is 19.8 Å². The number of allylic oxidation sites excluding steroid dienone is 4. The normalized spacial score (nSPS) is 14.9. The van der Waals surface area contributed by atoms with E-state index in [0.29, 0.717) is 12.5 Å². The van der Waals surface area contributed by atoms with Gasteiger partial charge in [-0.15, -0.1) is 0 Å². The number of hydrogen-bond acceptors (Lipinski definition) is 5. The predicted octanol–water partition coefficient (Wildman–Crippen LogP) is 5.14. The molecule has 1 aliphatic heterocycles. The zero-order valence-electron chi connectivity index (χ0n) is 17.5. The van der Waals surface area contributed by atoms with E-state index >= 15 is 0 Å².